The van der Waals surface area contributed by atoms with Crippen molar-refractivity contribution >= 4 is 44.9 Å². The number of amides is 2. The van der Waals surface area contributed by atoms with Crippen LogP contribution in [0.3, 0.4) is 0 Å². The summed E-state index contributed by atoms with van der Waals surface area (Å²) in [4.78, 5) is 33.7. The van der Waals surface area contributed by atoms with E-state index in [1.54, 1.807) is 43.5 Å². The summed E-state index contributed by atoms with van der Waals surface area (Å²) in [6.07, 6.45) is 2.15. The number of benzene rings is 3. The van der Waals surface area contributed by atoms with E-state index in [0.29, 0.717) is 28.8 Å². The number of hydrogen-bond donors (Lipinski definition) is 3. The molecule has 0 aliphatic carbocycles. The SMILES string of the molecule is COc1ccc(/C=C(\NC(=O)c2ccccc2Br)C(=O)NCCc2nc3ccccc3[nH]2)cc1. The molecular weight excluding hydrogens is 496 g/mol. The summed E-state index contributed by atoms with van der Waals surface area (Å²) < 4.78 is 5.83. The van der Waals surface area contributed by atoms with Crippen molar-refractivity contribution in [1.29, 1.82) is 0 Å². The van der Waals surface area contributed by atoms with Crippen LogP contribution in [0, 0.1) is 0 Å². The van der Waals surface area contributed by atoms with Gasteiger partial charge in [0.2, 0.25) is 0 Å². The monoisotopic (exact) mass is 518 g/mol. The van der Waals surface area contributed by atoms with Crippen LogP contribution in [0.25, 0.3) is 17.1 Å². The molecule has 0 saturated heterocycles. The van der Waals surface area contributed by atoms with E-state index in [-0.39, 0.29) is 11.6 Å². The third-order valence-electron chi connectivity index (χ3n) is 5.12. The number of hydrogen-bond acceptors (Lipinski definition) is 4. The highest BCUT2D eigenvalue weighted by Crippen LogP contribution is 2.17. The summed E-state index contributed by atoms with van der Waals surface area (Å²) in [5.41, 5.74) is 3.14. The molecule has 3 N–H and O–H groups in total. The van der Waals surface area contributed by atoms with Crippen LogP contribution in [0.4, 0.5) is 0 Å². The number of aromatic amines is 1. The molecule has 3 aromatic carbocycles. The number of halogens is 1. The number of ether oxygens (including phenoxy) is 1. The second-order valence-corrected chi connectivity index (χ2v) is 8.33. The Hall–Kier alpha value is -3.91. The lowest BCUT2D eigenvalue weighted by Crippen LogP contribution is -2.36. The fraction of sp³-hybridized carbons (Fsp3) is 0.115. The zero-order valence-corrected chi connectivity index (χ0v) is 20.1. The van der Waals surface area contributed by atoms with Gasteiger partial charge in [0.1, 0.15) is 17.3 Å². The van der Waals surface area contributed by atoms with Crippen LogP contribution in [-0.2, 0) is 11.2 Å². The van der Waals surface area contributed by atoms with Crippen molar-refractivity contribution in [1.82, 2.24) is 20.6 Å². The molecule has 0 aliphatic rings. The molecule has 0 aliphatic heterocycles. The Bertz CT molecular complexity index is 1310. The van der Waals surface area contributed by atoms with Crippen molar-refractivity contribution in [2.75, 3.05) is 13.7 Å². The first-order chi connectivity index (χ1) is 16.5. The molecule has 4 aromatic rings. The molecule has 2 amide bonds. The first kappa shape index (κ1) is 23.3. The zero-order valence-electron chi connectivity index (χ0n) is 18.5. The van der Waals surface area contributed by atoms with E-state index in [9.17, 15) is 9.59 Å². The van der Waals surface area contributed by atoms with Crippen molar-refractivity contribution in [3.05, 3.63) is 99.9 Å². The fourth-order valence-electron chi connectivity index (χ4n) is 3.37. The van der Waals surface area contributed by atoms with Crippen LogP contribution >= 0.6 is 15.9 Å². The third-order valence-corrected chi connectivity index (χ3v) is 5.82. The lowest BCUT2D eigenvalue weighted by atomic mass is 10.1. The van der Waals surface area contributed by atoms with Crippen molar-refractivity contribution in [3.8, 4) is 5.75 Å². The Morgan fingerprint density at radius 3 is 2.50 bits per heavy atom. The summed E-state index contributed by atoms with van der Waals surface area (Å²) in [6, 6.07) is 22.0. The average Bonchev–Trinajstić information content (AvgIpc) is 3.27. The molecule has 4 rings (SSSR count). The van der Waals surface area contributed by atoms with Gasteiger partial charge in [-0.25, -0.2) is 4.98 Å². The molecule has 172 valence electrons. The highest BCUT2D eigenvalue weighted by molar-refractivity contribution is 9.10. The largest absolute Gasteiger partial charge is 0.497 e. The number of rotatable bonds is 8. The predicted molar refractivity (Wildman–Crippen MR) is 135 cm³/mol. The maximum Gasteiger partial charge on any atom is 0.267 e. The summed E-state index contributed by atoms with van der Waals surface area (Å²) in [7, 11) is 1.59. The van der Waals surface area contributed by atoms with E-state index in [2.05, 4.69) is 36.5 Å². The molecule has 8 heteroatoms. The standard InChI is InChI=1S/C26H23BrN4O3/c1-34-18-12-10-17(11-13-18)16-23(31-25(32)19-6-2-3-7-20(19)27)26(33)28-15-14-24-29-21-8-4-5-9-22(21)30-24/h2-13,16H,14-15H2,1H3,(H,28,33)(H,29,30)(H,31,32)/b23-16-. The van der Waals surface area contributed by atoms with Crippen molar-refractivity contribution in [3.63, 3.8) is 0 Å². The number of aromatic nitrogens is 2. The number of nitrogens with zero attached hydrogens (tertiary/aromatic N) is 1. The first-order valence-corrected chi connectivity index (χ1v) is 11.5. The molecule has 1 heterocycles. The fourth-order valence-corrected chi connectivity index (χ4v) is 3.84. The number of carbonyl (C=O) groups excluding carboxylic acids is 2. The van der Waals surface area contributed by atoms with E-state index < -0.39 is 5.91 Å². The second-order valence-electron chi connectivity index (χ2n) is 7.47. The number of fused-ring (bicyclic) bond motifs is 1. The number of imidazole rings is 1. The van der Waals surface area contributed by atoms with Crippen LogP contribution in [0.15, 0.2) is 83.0 Å². The van der Waals surface area contributed by atoms with Crippen LogP contribution in [0.5, 0.6) is 5.75 Å². The molecule has 0 bridgehead atoms. The van der Waals surface area contributed by atoms with Gasteiger partial charge in [-0.1, -0.05) is 36.4 Å². The Balaban J connectivity index is 1.49. The Kier molecular flexibility index (Phi) is 7.39. The number of nitrogens with one attached hydrogen (secondary N) is 3. The minimum Gasteiger partial charge on any atom is -0.497 e. The van der Waals surface area contributed by atoms with E-state index in [1.807, 2.05) is 42.5 Å². The Morgan fingerprint density at radius 1 is 1.03 bits per heavy atom. The van der Waals surface area contributed by atoms with Gasteiger partial charge >= 0.3 is 0 Å². The van der Waals surface area contributed by atoms with Crippen molar-refractivity contribution in [2.24, 2.45) is 0 Å². The second kappa shape index (κ2) is 10.8. The number of H-pyrrole nitrogens is 1. The summed E-state index contributed by atoms with van der Waals surface area (Å²) in [5.74, 6) is 0.692. The quantitative estimate of drug-likeness (QED) is 0.300. The van der Waals surface area contributed by atoms with E-state index in [4.69, 9.17) is 4.74 Å². The molecule has 0 radical (unpaired) electrons. The predicted octanol–water partition coefficient (Wildman–Crippen LogP) is 4.46. The van der Waals surface area contributed by atoms with E-state index in [0.717, 1.165) is 22.4 Å². The van der Waals surface area contributed by atoms with Gasteiger partial charge in [-0.05, 0) is 64.0 Å². The molecule has 7 nitrogen and oxygen atoms in total. The molecule has 0 saturated carbocycles. The van der Waals surface area contributed by atoms with Crippen molar-refractivity contribution < 1.29 is 14.3 Å². The topological polar surface area (TPSA) is 96.1 Å². The summed E-state index contributed by atoms with van der Waals surface area (Å²) in [5, 5.41) is 5.62. The van der Waals surface area contributed by atoms with Gasteiger partial charge in [-0.3, -0.25) is 9.59 Å². The normalized spacial score (nSPS) is 11.3. The number of carbonyl (C=O) groups is 2. The zero-order chi connectivity index (χ0) is 23.9. The van der Waals surface area contributed by atoms with Crippen LogP contribution in [0.2, 0.25) is 0 Å². The molecule has 34 heavy (non-hydrogen) atoms. The Morgan fingerprint density at radius 2 is 1.76 bits per heavy atom. The van der Waals surface area contributed by atoms with Crippen LogP contribution in [-0.4, -0.2) is 35.4 Å². The van der Waals surface area contributed by atoms with Crippen LogP contribution in [0.1, 0.15) is 21.7 Å². The molecule has 0 fully saturated rings. The number of methoxy groups -OCH3 is 1. The molecule has 1 aromatic heterocycles. The van der Waals surface area contributed by atoms with Gasteiger partial charge in [-0.2, -0.15) is 0 Å². The van der Waals surface area contributed by atoms with Gasteiger partial charge in [-0.15, -0.1) is 0 Å². The van der Waals surface area contributed by atoms with Crippen molar-refractivity contribution in [2.45, 2.75) is 6.42 Å². The van der Waals surface area contributed by atoms with Gasteiger partial charge in [0, 0.05) is 17.4 Å². The molecular formula is C26H23BrN4O3. The molecule has 0 spiro atoms. The van der Waals surface area contributed by atoms with Gasteiger partial charge < -0.3 is 20.4 Å². The minimum atomic E-state index is -0.396. The first-order valence-electron chi connectivity index (χ1n) is 10.7. The van der Waals surface area contributed by atoms with Gasteiger partial charge in [0.15, 0.2) is 0 Å². The lowest BCUT2D eigenvalue weighted by Gasteiger charge is -2.12. The third kappa shape index (κ3) is 5.71. The minimum absolute atomic E-state index is 0.135. The lowest BCUT2D eigenvalue weighted by molar-refractivity contribution is -0.117. The highest BCUT2D eigenvalue weighted by atomic mass is 79.9. The van der Waals surface area contributed by atoms with E-state index >= 15 is 0 Å². The van der Waals surface area contributed by atoms with Gasteiger partial charge in [0.25, 0.3) is 11.8 Å². The molecule has 0 unspecified atom stereocenters. The van der Waals surface area contributed by atoms with Gasteiger partial charge in [0.05, 0.1) is 23.7 Å². The maximum absolute atomic E-state index is 13.0. The van der Waals surface area contributed by atoms with Crippen LogP contribution < -0.4 is 15.4 Å². The number of para-hydroxylation sites is 2. The maximum atomic E-state index is 13.0. The molecule has 0 atom stereocenters. The summed E-state index contributed by atoms with van der Waals surface area (Å²) >= 11 is 3.38. The smallest absolute Gasteiger partial charge is 0.267 e. The highest BCUT2D eigenvalue weighted by Gasteiger charge is 2.16. The summed E-state index contributed by atoms with van der Waals surface area (Å²) in [6.45, 7) is 0.351. The Labute approximate surface area is 205 Å². The average molecular weight is 519 g/mol. The van der Waals surface area contributed by atoms with E-state index in [1.165, 1.54) is 0 Å².